The summed E-state index contributed by atoms with van der Waals surface area (Å²) in [5, 5.41) is 0. The Labute approximate surface area is 119 Å². The largest absolute Gasteiger partial charge is 0.419 e. The van der Waals surface area contributed by atoms with Gasteiger partial charge in [-0.2, -0.15) is 0 Å². The van der Waals surface area contributed by atoms with E-state index in [0.29, 0.717) is 18.0 Å². The summed E-state index contributed by atoms with van der Waals surface area (Å²) in [4.78, 5) is 11.8. The molecule has 0 aliphatic heterocycles. The minimum atomic E-state index is -0.283. The number of aryl methyl sites for hydroxylation is 1. The highest BCUT2D eigenvalue weighted by Gasteiger charge is 2.16. The monoisotopic (exact) mass is 276 g/mol. The first-order valence-electron chi connectivity index (χ1n) is 7.47. The molecule has 20 heavy (non-hydrogen) atoms. The number of benzene rings is 1. The summed E-state index contributed by atoms with van der Waals surface area (Å²) < 4.78 is 7.01. The fraction of sp³-hybridized carbons (Fsp3) is 0.562. The molecule has 0 aliphatic carbocycles. The molecule has 1 aromatic heterocycles. The molecule has 2 atom stereocenters. The molecular formula is C16H24N2O2. The first kappa shape index (κ1) is 14.9. The molecule has 2 aromatic rings. The van der Waals surface area contributed by atoms with Gasteiger partial charge in [0.15, 0.2) is 5.58 Å². The van der Waals surface area contributed by atoms with Crippen molar-refractivity contribution in [3.05, 3.63) is 34.3 Å². The smallest absolute Gasteiger partial charge is 0.408 e. The van der Waals surface area contributed by atoms with E-state index in [1.54, 1.807) is 4.57 Å². The highest BCUT2D eigenvalue weighted by molar-refractivity contribution is 5.74. The highest BCUT2D eigenvalue weighted by Crippen LogP contribution is 2.26. The molecule has 0 spiro atoms. The lowest BCUT2D eigenvalue weighted by atomic mass is 9.92. The van der Waals surface area contributed by atoms with Gasteiger partial charge in [-0.1, -0.05) is 33.3 Å². The van der Waals surface area contributed by atoms with Gasteiger partial charge in [0.05, 0.1) is 5.52 Å². The van der Waals surface area contributed by atoms with Crippen molar-refractivity contribution >= 4 is 11.1 Å². The van der Waals surface area contributed by atoms with Crippen LogP contribution in [-0.2, 0) is 6.54 Å². The summed E-state index contributed by atoms with van der Waals surface area (Å²) in [6.45, 7) is 7.05. The second-order valence-corrected chi connectivity index (χ2v) is 5.54. The van der Waals surface area contributed by atoms with Crippen molar-refractivity contribution in [3.63, 3.8) is 0 Å². The Morgan fingerprint density at radius 2 is 2.05 bits per heavy atom. The molecule has 110 valence electrons. The van der Waals surface area contributed by atoms with Gasteiger partial charge in [0.1, 0.15) is 0 Å². The van der Waals surface area contributed by atoms with Crippen molar-refractivity contribution in [3.8, 4) is 0 Å². The number of oxazole rings is 1. The maximum atomic E-state index is 11.8. The number of aromatic nitrogens is 1. The molecule has 0 saturated carbocycles. The van der Waals surface area contributed by atoms with E-state index in [0.717, 1.165) is 30.3 Å². The van der Waals surface area contributed by atoms with Crippen LogP contribution >= 0.6 is 0 Å². The molecule has 1 heterocycles. The minimum Gasteiger partial charge on any atom is -0.408 e. The summed E-state index contributed by atoms with van der Waals surface area (Å²) in [5.41, 5.74) is 8.83. The van der Waals surface area contributed by atoms with Crippen LogP contribution < -0.4 is 11.5 Å². The van der Waals surface area contributed by atoms with Crippen molar-refractivity contribution in [1.29, 1.82) is 0 Å². The van der Waals surface area contributed by atoms with Crippen LogP contribution in [0.5, 0.6) is 0 Å². The van der Waals surface area contributed by atoms with Crippen molar-refractivity contribution in [1.82, 2.24) is 4.57 Å². The summed E-state index contributed by atoms with van der Waals surface area (Å²) >= 11 is 0. The molecule has 2 N–H and O–H groups in total. The Morgan fingerprint density at radius 1 is 1.30 bits per heavy atom. The Morgan fingerprint density at radius 3 is 2.70 bits per heavy atom. The van der Waals surface area contributed by atoms with Gasteiger partial charge in [-0.3, -0.25) is 4.57 Å². The van der Waals surface area contributed by atoms with Gasteiger partial charge < -0.3 is 10.2 Å². The summed E-state index contributed by atoms with van der Waals surface area (Å²) in [6.07, 6.45) is 3.13. The van der Waals surface area contributed by atoms with E-state index in [9.17, 15) is 4.79 Å². The van der Waals surface area contributed by atoms with Crippen molar-refractivity contribution < 1.29 is 4.42 Å². The summed E-state index contributed by atoms with van der Waals surface area (Å²) in [6, 6.07) is 5.86. The fourth-order valence-corrected chi connectivity index (χ4v) is 2.69. The molecule has 4 nitrogen and oxygen atoms in total. The quantitative estimate of drug-likeness (QED) is 0.879. The van der Waals surface area contributed by atoms with Crippen LogP contribution in [0.1, 0.15) is 51.6 Å². The Hall–Kier alpha value is -1.55. The standard InChI is InChI=1S/C16H24N2O2/c1-4-6-11(3)15(17)12-7-8-13-14(10-12)20-16(19)18(13)9-5-2/h7-8,10-11,15H,4-6,9,17H2,1-3H3. The Kier molecular flexibility index (Phi) is 4.65. The van der Waals surface area contributed by atoms with Gasteiger partial charge in [-0.05, 0) is 36.5 Å². The molecule has 0 amide bonds. The van der Waals surface area contributed by atoms with Crippen molar-refractivity contribution in [2.75, 3.05) is 0 Å². The van der Waals surface area contributed by atoms with Crippen LogP contribution in [0.4, 0.5) is 0 Å². The molecule has 1 aromatic carbocycles. The topological polar surface area (TPSA) is 61.2 Å². The predicted molar refractivity (Wildman–Crippen MR) is 81.8 cm³/mol. The van der Waals surface area contributed by atoms with Gasteiger partial charge >= 0.3 is 5.76 Å². The van der Waals surface area contributed by atoms with Gasteiger partial charge in [0, 0.05) is 12.6 Å². The van der Waals surface area contributed by atoms with E-state index in [4.69, 9.17) is 10.2 Å². The average molecular weight is 276 g/mol. The van der Waals surface area contributed by atoms with Crippen LogP contribution in [0.15, 0.2) is 27.4 Å². The van der Waals surface area contributed by atoms with Crippen LogP contribution in [0.2, 0.25) is 0 Å². The van der Waals surface area contributed by atoms with Crippen LogP contribution in [0.3, 0.4) is 0 Å². The zero-order valence-electron chi connectivity index (χ0n) is 12.6. The number of hydrogen-bond donors (Lipinski definition) is 1. The van der Waals surface area contributed by atoms with Crippen molar-refractivity contribution in [2.45, 2.75) is 52.6 Å². The second-order valence-electron chi connectivity index (χ2n) is 5.54. The Balaban J connectivity index is 2.37. The molecule has 0 fully saturated rings. The highest BCUT2D eigenvalue weighted by atomic mass is 16.4. The second kappa shape index (κ2) is 6.27. The minimum absolute atomic E-state index is 0.0147. The van der Waals surface area contributed by atoms with E-state index in [1.807, 2.05) is 25.1 Å². The molecular weight excluding hydrogens is 252 g/mol. The zero-order chi connectivity index (χ0) is 14.7. The first-order valence-corrected chi connectivity index (χ1v) is 7.47. The molecule has 0 aliphatic rings. The van der Waals surface area contributed by atoms with E-state index < -0.39 is 0 Å². The third kappa shape index (κ3) is 2.80. The third-order valence-corrected chi connectivity index (χ3v) is 3.88. The summed E-state index contributed by atoms with van der Waals surface area (Å²) in [5.74, 6) is 0.135. The first-order chi connectivity index (χ1) is 9.58. The lowest BCUT2D eigenvalue weighted by Crippen LogP contribution is -2.18. The molecule has 2 rings (SSSR count). The van der Waals surface area contributed by atoms with Crippen molar-refractivity contribution in [2.24, 2.45) is 11.7 Å². The lowest BCUT2D eigenvalue weighted by Gasteiger charge is -2.19. The number of nitrogens with zero attached hydrogens (tertiary/aromatic N) is 1. The van der Waals surface area contributed by atoms with E-state index >= 15 is 0 Å². The fourth-order valence-electron chi connectivity index (χ4n) is 2.69. The van der Waals surface area contributed by atoms with Gasteiger partial charge in [-0.15, -0.1) is 0 Å². The number of fused-ring (bicyclic) bond motifs is 1. The lowest BCUT2D eigenvalue weighted by molar-refractivity contribution is 0.433. The molecule has 2 unspecified atom stereocenters. The molecule has 0 bridgehead atoms. The molecule has 0 radical (unpaired) electrons. The summed E-state index contributed by atoms with van der Waals surface area (Å²) in [7, 11) is 0. The van der Waals surface area contributed by atoms with Crippen LogP contribution in [0.25, 0.3) is 11.1 Å². The maximum Gasteiger partial charge on any atom is 0.419 e. The predicted octanol–water partition coefficient (Wildman–Crippen LogP) is 3.44. The number of rotatable bonds is 6. The number of hydrogen-bond acceptors (Lipinski definition) is 3. The third-order valence-electron chi connectivity index (χ3n) is 3.88. The van der Waals surface area contributed by atoms with Gasteiger partial charge in [0.2, 0.25) is 0 Å². The average Bonchev–Trinajstić information content (AvgIpc) is 2.74. The van der Waals surface area contributed by atoms with Crippen LogP contribution in [0, 0.1) is 5.92 Å². The zero-order valence-corrected chi connectivity index (χ0v) is 12.6. The van der Waals surface area contributed by atoms with E-state index in [2.05, 4.69) is 13.8 Å². The van der Waals surface area contributed by atoms with Gasteiger partial charge in [-0.25, -0.2) is 4.79 Å². The van der Waals surface area contributed by atoms with E-state index in [1.165, 1.54) is 0 Å². The normalized spacial score (nSPS) is 14.6. The van der Waals surface area contributed by atoms with E-state index in [-0.39, 0.29) is 11.8 Å². The maximum absolute atomic E-state index is 11.8. The van der Waals surface area contributed by atoms with Crippen LogP contribution in [-0.4, -0.2) is 4.57 Å². The molecule has 4 heteroatoms. The Bertz CT molecular complexity index is 627. The SMILES string of the molecule is CCCC(C)C(N)c1ccc2c(c1)oc(=O)n2CCC. The number of nitrogens with two attached hydrogens (primary N) is 1. The van der Waals surface area contributed by atoms with Gasteiger partial charge in [0.25, 0.3) is 0 Å². The molecule has 0 saturated heterocycles.